The van der Waals surface area contributed by atoms with Crippen molar-refractivity contribution in [3.05, 3.63) is 36.5 Å². The van der Waals surface area contributed by atoms with Crippen molar-refractivity contribution in [1.82, 2.24) is 0 Å². The van der Waals surface area contributed by atoms with Gasteiger partial charge in [-0.05, 0) is 65.7 Å². The molecule has 1 saturated heterocycles. The van der Waals surface area contributed by atoms with Gasteiger partial charge < -0.3 is 37.9 Å². The van der Waals surface area contributed by atoms with Gasteiger partial charge in [-0.15, -0.1) is 0 Å². The van der Waals surface area contributed by atoms with E-state index in [1.54, 1.807) is 0 Å². The number of carbonyl (C=O) groups excluding carboxylic acids is 7. The summed E-state index contributed by atoms with van der Waals surface area (Å²) in [6, 6.07) is 0. The Balaban J connectivity index is 3.08. The van der Waals surface area contributed by atoms with E-state index in [9.17, 15) is 33.6 Å². The van der Waals surface area contributed by atoms with Gasteiger partial charge in [-0.3, -0.25) is 19.2 Å². The number of ether oxygens (including phenoxy) is 8. The molecular formula is C37H54O15. The molecule has 52 heavy (non-hydrogen) atoms. The van der Waals surface area contributed by atoms with Crippen molar-refractivity contribution in [2.75, 3.05) is 26.4 Å². The van der Waals surface area contributed by atoms with Crippen LogP contribution in [0.25, 0.3) is 0 Å². The molecule has 0 aliphatic carbocycles. The lowest BCUT2D eigenvalue weighted by Crippen LogP contribution is -2.58. The first-order valence-corrected chi connectivity index (χ1v) is 17.5. The minimum atomic E-state index is -1.51. The quantitative estimate of drug-likeness (QED) is 0.0542. The molecule has 15 heteroatoms. The van der Waals surface area contributed by atoms with Gasteiger partial charge in [0.15, 0.2) is 12.2 Å². The van der Waals surface area contributed by atoms with Gasteiger partial charge in [0.25, 0.3) is 0 Å². The van der Waals surface area contributed by atoms with Crippen LogP contribution in [0, 0.1) is 0 Å². The number of carbonyl (C=O) groups is 7. The summed E-state index contributed by atoms with van der Waals surface area (Å²) in [6.07, 6.45) is -2.87. The normalized spacial score (nSPS) is 17.8. The van der Waals surface area contributed by atoms with E-state index < -0.39 is 66.4 Å². The third-order valence-corrected chi connectivity index (χ3v) is 7.25. The average Bonchev–Trinajstić information content (AvgIpc) is 3.08. The summed E-state index contributed by atoms with van der Waals surface area (Å²) in [5.74, 6) is -4.48. The molecule has 1 aliphatic rings. The highest BCUT2D eigenvalue weighted by Crippen LogP contribution is 2.27. The lowest BCUT2D eigenvalue weighted by atomic mass is 10.0. The summed E-state index contributed by atoms with van der Waals surface area (Å²) in [5.41, 5.74) is 0.724. The summed E-state index contributed by atoms with van der Waals surface area (Å²) in [4.78, 5) is 86.4. The fourth-order valence-electron chi connectivity index (χ4n) is 4.35. The van der Waals surface area contributed by atoms with Crippen LogP contribution < -0.4 is 0 Å². The van der Waals surface area contributed by atoms with Gasteiger partial charge in [0, 0.05) is 42.4 Å². The molecule has 1 unspecified atom stereocenters. The number of hydrogen-bond acceptors (Lipinski definition) is 15. The zero-order chi connectivity index (χ0) is 39.1. The smallest absolute Gasteiger partial charge is 0.333 e. The molecule has 0 saturated carbocycles. The Morgan fingerprint density at radius 2 is 0.885 bits per heavy atom. The van der Waals surface area contributed by atoms with E-state index in [1.165, 1.54) is 20.8 Å². The second kappa shape index (κ2) is 25.4. The molecule has 1 heterocycles. The molecule has 1 rings (SSSR count). The van der Waals surface area contributed by atoms with Crippen LogP contribution in [0.5, 0.6) is 0 Å². The molecule has 0 spiro atoms. The highest BCUT2D eigenvalue weighted by atomic mass is 16.7. The van der Waals surface area contributed by atoms with E-state index in [0.717, 1.165) is 0 Å². The molecule has 15 nitrogen and oxygen atoms in total. The topological polar surface area (TPSA) is 193 Å². The molecule has 1 aliphatic heterocycles. The second-order valence-electron chi connectivity index (χ2n) is 12.4. The van der Waals surface area contributed by atoms with Crippen LogP contribution in [0.2, 0.25) is 0 Å². The molecule has 292 valence electrons. The summed E-state index contributed by atoms with van der Waals surface area (Å²) in [6.45, 7) is 16.8. The van der Waals surface area contributed by atoms with Crippen LogP contribution in [-0.4, -0.2) is 92.8 Å². The second-order valence-corrected chi connectivity index (χ2v) is 12.4. The molecule has 1 fully saturated rings. The van der Waals surface area contributed by atoms with Crippen molar-refractivity contribution in [3.63, 3.8) is 0 Å². The van der Waals surface area contributed by atoms with Gasteiger partial charge in [-0.1, -0.05) is 33.1 Å². The lowest BCUT2D eigenvalue weighted by molar-refractivity contribution is -0.275. The van der Waals surface area contributed by atoms with Crippen LogP contribution in [0.1, 0.15) is 105 Å². The van der Waals surface area contributed by atoms with E-state index in [0.29, 0.717) is 38.5 Å². The fourth-order valence-corrected chi connectivity index (χ4v) is 4.35. The minimum Gasteiger partial charge on any atom is -0.462 e. The molecule has 0 aromatic rings. The maximum Gasteiger partial charge on any atom is 0.333 e. The van der Waals surface area contributed by atoms with Crippen molar-refractivity contribution in [3.8, 4) is 0 Å². The SMILES string of the molecule is C=C(C)C(=O)OCCCCC(=O)O[C@H]1[C@H](OC(=O)CCCCOC(=O)C(=C)C)COC(OC(=O)CCCC)[C@@H]1OC(=O)CCCCOC(=O)C(=C)C. The number of unbranched alkanes of at least 4 members (excludes halogenated alkanes) is 4. The van der Waals surface area contributed by atoms with E-state index in [1.807, 2.05) is 6.92 Å². The summed E-state index contributed by atoms with van der Waals surface area (Å²) >= 11 is 0. The molecule has 0 radical (unpaired) electrons. The number of rotatable bonds is 25. The van der Waals surface area contributed by atoms with E-state index in [4.69, 9.17) is 37.9 Å². The van der Waals surface area contributed by atoms with Crippen LogP contribution in [0.15, 0.2) is 36.5 Å². The maximum absolute atomic E-state index is 13.1. The largest absolute Gasteiger partial charge is 0.462 e. The Morgan fingerprint density at radius 3 is 1.29 bits per heavy atom. The third kappa shape index (κ3) is 19.2. The Hall–Kier alpha value is -4.53. The minimum absolute atomic E-state index is 0.0458. The van der Waals surface area contributed by atoms with Crippen molar-refractivity contribution >= 4 is 41.8 Å². The molecule has 0 aromatic carbocycles. The lowest BCUT2D eigenvalue weighted by Gasteiger charge is -2.40. The molecule has 4 atom stereocenters. The zero-order valence-electron chi connectivity index (χ0n) is 30.9. The van der Waals surface area contributed by atoms with Crippen molar-refractivity contribution in [2.45, 2.75) is 129 Å². The van der Waals surface area contributed by atoms with Crippen molar-refractivity contribution in [2.24, 2.45) is 0 Å². The van der Waals surface area contributed by atoms with Crippen LogP contribution >= 0.6 is 0 Å². The Labute approximate surface area is 305 Å². The molecule has 0 N–H and O–H groups in total. The summed E-state index contributed by atoms with van der Waals surface area (Å²) in [7, 11) is 0. The van der Waals surface area contributed by atoms with Crippen molar-refractivity contribution in [1.29, 1.82) is 0 Å². The van der Waals surface area contributed by atoms with Crippen LogP contribution in [-0.2, 0) is 71.5 Å². The fraction of sp³-hybridized carbons (Fsp3) is 0.649. The summed E-state index contributed by atoms with van der Waals surface area (Å²) in [5, 5.41) is 0. The molecule has 0 bridgehead atoms. The van der Waals surface area contributed by atoms with Gasteiger partial charge in [0.05, 0.1) is 26.4 Å². The highest BCUT2D eigenvalue weighted by molar-refractivity contribution is 5.87. The van der Waals surface area contributed by atoms with E-state index in [2.05, 4.69) is 19.7 Å². The standard InChI is InChI=1S/C37H54O15/c1-8-9-16-31(41)52-37-33(51-30(40)19-12-15-22-47-36(44)26(6)7)32(50-29(39)18-11-14-21-46-35(43)25(4)5)27(23-48-37)49-28(38)17-10-13-20-45-34(42)24(2)3/h27,32-33,37H,2,4,6,8-23H2,1,3,5,7H3/t27-,32+,33-,37?/m1/s1. The average molecular weight is 739 g/mol. The monoisotopic (exact) mass is 738 g/mol. The first kappa shape index (κ1) is 45.5. The van der Waals surface area contributed by atoms with Crippen LogP contribution in [0.4, 0.5) is 0 Å². The predicted molar refractivity (Wildman–Crippen MR) is 184 cm³/mol. The van der Waals surface area contributed by atoms with Gasteiger partial charge in [0.2, 0.25) is 12.4 Å². The molecule has 0 amide bonds. The first-order valence-electron chi connectivity index (χ1n) is 17.5. The Morgan fingerprint density at radius 1 is 0.519 bits per heavy atom. The number of esters is 7. The first-order chi connectivity index (χ1) is 24.7. The van der Waals surface area contributed by atoms with E-state index >= 15 is 0 Å². The van der Waals surface area contributed by atoms with Gasteiger partial charge >= 0.3 is 41.8 Å². The number of hydrogen-bond donors (Lipinski definition) is 0. The third-order valence-electron chi connectivity index (χ3n) is 7.25. The Bertz CT molecular complexity index is 1270. The van der Waals surface area contributed by atoms with Gasteiger partial charge in [-0.25, -0.2) is 14.4 Å². The predicted octanol–water partition coefficient (Wildman–Crippen LogP) is 4.68. The molecule has 0 aromatic heterocycles. The maximum atomic E-state index is 13.1. The highest BCUT2D eigenvalue weighted by Gasteiger charge is 2.49. The Kier molecular flexibility index (Phi) is 22.2. The van der Waals surface area contributed by atoms with Crippen LogP contribution in [0.3, 0.4) is 0 Å². The van der Waals surface area contributed by atoms with Gasteiger partial charge in [0.1, 0.15) is 0 Å². The zero-order valence-corrected chi connectivity index (χ0v) is 30.9. The van der Waals surface area contributed by atoms with Crippen molar-refractivity contribution < 1.29 is 71.5 Å². The molecular weight excluding hydrogens is 684 g/mol. The summed E-state index contributed by atoms with van der Waals surface area (Å²) < 4.78 is 43.4. The van der Waals surface area contributed by atoms with Gasteiger partial charge in [-0.2, -0.15) is 0 Å². The van der Waals surface area contributed by atoms with E-state index in [-0.39, 0.29) is 81.7 Å².